The van der Waals surface area contributed by atoms with Gasteiger partial charge in [0.15, 0.2) is 0 Å². The van der Waals surface area contributed by atoms with E-state index >= 15 is 0 Å². The maximum Gasteiger partial charge on any atom is 0.418 e. The number of carbonyl (C=O) groups is 3. The third-order valence-corrected chi connectivity index (χ3v) is 3.95. The summed E-state index contributed by atoms with van der Waals surface area (Å²) in [6.45, 7) is 2.01. The first-order valence-corrected chi connectivity index (χ1v) is 7.44. The molecule has 1 fully saturated rings. The normalized spacial score (nSPS) is 16.3. The molecule has 0 atom stereocenters. The van der Waals surface area contributed by atoms with E-state index in [0.29, 0.717) is 16.0 Å². The molecule has 1 aliphatic heterocycles. The molecule has 0 aliphatic carbocycles. The number of hydrogen-bond acceptors (Lipinski definition) is 5. The highest BCUT2D eigenvalue weighted by Crippen LogP contribution is 2.29. The van der Waals surface area contributed by atoms with Crippen molar-refractivity contribution >= 4 is 46.0 Å². The number of aromatic nitrogens is 1. The molecule has 6 nitrogen and oxygen atoms in total. The number of fused-ring (bicyclic) bond motifs is 1. The van der Waals surface area contributed by atoms with Gasteiger partial charge in [-0.1, -0.05) is 18.2 Å². The first kappa shape index (κ1) is 14.4. The summed E-state index contributed by atoms with van der Waals surface area (Å²) in [7, 11) is 0. The van der Waals surface area contributed by atoms with Crippen LogP contribution in [0.3, 0.4) is 0 Å². The Hall–Kier alpha value is -2.54. The number of rotatable bonds is 2. The molecule has 7 heteroatoms. The van der Waals surface area contributed by atoms with Gasteiger partial charge in [-0.05, 0) is 30.8 Å². The largest absolute Gasteiger partial charge is 0.449 e. The molecule has 0 bridgehead atoms. The van der Waals surface area contributed by atoms with E-state index in [0.717, 1.165) is 17.1 Å². The Balaban J connectivity index is 2.11. The smallest absolute Gasteiger partial charge is 0.418 e. The van der Waals surface area contributed by atoms with Crippen LogP contribution in [0.25, 0.3) is 17.0 Å². The third kappa shape index (κ3) is 2.50. The number of para-hydroxylation sites is 1. The van der Waals surface area contributed by atoms with Crippen molar-refractivity contribution < 1.29 is 19.1 Å². The van der Waals surface area contributed by atoms with Gasteiger partial charge < -0.3 is 4.74 Å². The van der Waals surface area contributed by atoms with Crippen LogP contribution in [-0.2, 0) is 9.53 Å². The predicted molar refractivity (Wildman–Crippen MR) is 83.5 cm³/mol. The van der Waals surface area contributed by atoms with E-state index in [1.54, 1.807) is 25.3 Å². The lowest BCUT2D eigenvalue weighted by Gasteiger charge is -2.03. The van der Waals surface area contributed by atoms with Gasteiger partial charge in [-0.3, -0.25) is 19.5 Å². The van der Waals surface area contributed by atoms with Gasteiger partial charge in [-0.2, -0.15) is 0 Å². The quantitative estimate of drug-likeness (QED) is 0.862. The zero-order chi connectivity index (χ0) is 15.7. The topological polar surface area (TPSA) is 77.4 Å². The van der Waals surface area contributed by atoms with E-state index in [1.165, 1.54) is 4.57 Å². The van der Waals surface area contributed by atoms with E-state index in [4.69, 9.17) is 4.74 Å². The number of nitrogens with one attached hydrogen (secondary N) is 1. The first-order chi connectivity index (χ1) is 10.6. The van der Waals surface area contributed by atoms with Crippen LogP contribution in [0.15, 0.2) is 35.4 Å². The predicted octanol–water partition coefficient (Wildman–Crippen LogP) is 2.97. The van der Waals surface area contributed by atoms with E-state index in [1.807, 2.05) is 18.2 Å². The van der Waals surface area contributed by atoms with E-state index in [2.05, 4.69) is 5.32 Å². The number of benzene rings is 1. The summed E-state index contributed by atoms with van der Waals surface area (Å²) in [5.74, 6) is -0.428. The monoisotopic (exact) mass is 316 g/mol. The Labute approximate surface area is 130 Å². The summed E-state index contributed by atoms with van der Waals surface area (Å²) in [4.78, 5) is 35.2. The van der Waals surface area contributed by atoms with Crippen molar-refractivity contribution in [2.45, 2.75) is 6.92 Å². The van der Waals surface area contributed by atoms with Gasteiger partial charge in [-0.15, -0.1) is 0 Å². The highest BCUT2D eigenvalue weighted by molar-refractivity contribution is 8.18. The fourth-order valence-corrected chi connectivity index (χ4v) is 2.90. The molecular formula is C15H12N2O4S. The number of thioether (sulfide) groups is 1. The molecular weight excluding hydrogens is 304 g/mol. The summed E-state index contributed by atoms with van der Waals surface area (Å²) < 4.78 is 6.42. The van der Waals surface area contributed by atoms with Crippen molar-refractivity contribution in [3.8, 4) is 0 Å². The van der Waals surface area contributed by atoms with Gasteiger partial charge in [0.1, 0.15) is 0 Å². The Morgan fingerprint density at radius 2 is 2.14 bits per heavy atom. The summed E-state index contributed by atoms with van der Waals surface area (Å²) in [6, 6.07) is 7.29. The molecule has 1 aliphatic rings. The van der Waals surface area contributed by atoms with E-state index in [9.17, 15) is 14.4 Å². The van der Waals surface area contributed by atoms with Gasteiger partial charge in [0, 0.05) is 17.1 Å². The second kappa shape index (κ2) is 5.69. The summed E-state index contributed by atoms with van der Waals surface area (Å²) >= 11 is 0.841. The lowest BCUT2D eigenvalue weighted by molar-refractivity contribution is -0.115. The van der Waals surface area contributed by atoms with Crippen molar-refractivity contribution in [2.75, 3.05) is 6.61 Å². The molecule has 2 amide bonds. The number of ether oxygens (including phenoxy) is 1. The van der Waals surface area contributed by atoms with Crippen LogP contribution in [0.2, 0.25) is 0 Å². The summed E-state index contributed by atoms with van der Waals surface area (Å²) in [5, 5.41) is 2.61. The van der Waals surface area contributed by atoms with Crippen molar-refractivity contribution in [2.24, 2.45) is 0 Å². The minimum absolute atomic E-state index is 0.272. The molecule has 0 radical (unpaired) electrons. The number of hydrogen-bond donors (Lipinski definition) is 1. The maximum atomic E-state index is 12.0. The fourth-order valence-electron chi connectivity index (χ4n) is 2.23. The Bertz CT molecular complexity index is 822. The van der Waals surface area contributed by atoms with Crippen LogP contribution in [0, 0.1) is 0 Å². The van der Waals surface area contributed by atoms with Gasteiger partial charge in [0.2, 0.25) is 0 Å². The van der Waals surface area contributed by atoms with Crippen LogP contribution in [0.5, 0.6) is 0 Å². The number of nitrogens with zero attached hydrogens (tertiary/aromatic N) is 1. The minimum atomic E-state index is -0.483. The van der Waals surface area contributed by atoms with Crippen LogP contribution in [0.4, 0.5) is 9.59 Å². The Morgan fingerprint density at radius 3 is 2.82 bits per heavy atom. The molecule has 3 rings (SSSR count). The van der Waals surface area contributed by atoms with Gasteiger partial charge in [-0.25, -0.2) is 4.79 Å². The lowest BCUT2D eigenvalue weighted by Crippen LogP contribution is -2.17. The lowest BCUT2D eigenvalue weighted by atomic mass is 10.1. The number of amides is 2. The minimum Gasteiger partial charge on any atom is -0.449 e. The van der Waals surface area contributed by atoms with E-state index in [-0.39, 0.29) is 6.61 Å². The van der Waals surface area contributed by atoms with Crippen LogP contribution in [0.1, 0.15) is 12.5 Å². The molecule has 1 N–H and O–H groups in total. The van der Waals surface area contributed by atoms with Gasteiger partial charge >= 0.3 is 6.09 Å². The first-order valence-electron chi connectivity index (χ1n) is 6.62. The zero-order valence-electron chi connectivity index (χ0n) is 11.7. The molecule has 2 heterocycles. The van der Waals surface area contributed by atoms with Crippen molar-refractivity contribution in [3.63, 3.8) is 0 Å². The molecule has 2 aromatic rings. The van der Waals surface area contributed by atoms with Gasteiger partial charge in [0.25, 0.3) is 11.1 Å². The second-order valence-electron chi connectivity index (χ2n) is 4.52. The Morgan fingerprint density at radius 1 is 1.36 bits per heavy atom. The fraction of sp³-hybridized carbons (Fsp3) is 0.133. The highest BCUT2D eigenvalue weighted by atomic mass is 32.2. The maximum absolute atomic E-state index is 12.0. The van der Waals surface area contributed by atoms with Crippen LogP contribution < -0.4 is 5.32 Å². The summed E-state index contributed by atoms with van der Waals surface area (Å²) in [6.07, 6.45) is 2.72. The van der Waals surface area contributed by atoms with Crippen LogP contribution >= 0.6 is 11.8 Å². The Kier molecular flexibility index (Phi) is 3.72. The zero-order valence-corrected chi connectivity index (χ0v) is 12.5. The average molecular weight is 316 g/mol. The molecule has 1 aromatic heterocycles. The molecule has 22 heavy (non-hydrogen) atoms. The average Bonchev–Trinajstić information content (AvgIpc) is 3.01. The van der Waals surface area contributed by atoms with Crippen LogP contribution in [-0.4, -0.2) is 28.4 Å². The second-order valence-corrected chi connectivity index (χ2v) is 5.54. The van der Waals surface area contributed by atoms with Gasteiger partial charge in [0.05, 0.1) is 17.0 Å². The molecule has 1 saturated heterocycles. The van der Waals surface area contributed by atoms with Crippen molar-refractivity contribution in [1.29, 1.82) is 0 Å². The van der Waals surface area contributed by atoms with Crippen molar-refractivity contribution in [3.05, 3.63) is 40.9 Å². The third-order valence-electron chi connectivity index (χ3n) is 3.14. The summed E-state index contributed by atoms with van der Waals surface area (Å²) in [5.41, 5.74) is 1.36. The molecule has 0 saturated carbocycles. The van der Waals surface area contributed by atoms with E-state index < -0.39 is 17.2 Å². The molecule has 112 valence electrons. The SMILES string of the molecule is CCOC(=O)n1cc(C=C2SC(=O)NC2=O)c2ccccc21. The number of carbonyl (C=O) groups excluding carboxylic acids is 3. The van der Waals surface area contributed by atoms with Crippen molar-refractivity contribution in [1.82, 2.24) is 9.88 Å². The molecule has 0 spiro atoms. The number of imide groups is 1. The highest BCUT2D eigenvalue weighted by Gasteiger charge is 2.25. The molecule has 1 aromatic carbocycles. The standard InChI is InChI=1S/C15H12N2O4S/c1-2-21-15(20)17-8-9(10-5-3-4-6-11(10)17)7-12-13(18)16-14(19)22-12/h3-8H,2H2,1H3,(H,16,18,19). The molecule has 0 unspecified atom stereocenters.